The Hall–Kier alpha value is -1.25. The minimum Gasteiger partial charge on any atom is -0.356 e. The van der Waals surface area contributed by atoms with E-state index in [4.69, 9.17) is 0 Å². The monoisotopic (exact) mass is 205 g/mol. The van der Waals surface area contributed by atoms with E-state index in [1.807, 2.05) is 18.5 Å². The minimum absolute atomic E-state index is 0.824. The molecule has 0 aliphatic heterocycles. The summed E-state index contributed by atoms with van der Waals surface area (Å²) in [4.78, 5) is 4.27. The van der Waals surface area contributed by atoms with Crippen LogP contribution in [0.4, 0.5) is 5.95 Å². The maximum atomic E-state index is 4.27. The maximum Gasteiger partial charge on any atom is 0.203 e. The first-order valence-corrected chi connectivity index (χ1v) is 5.76. The minimum atomic E-state index is 0.824. The van der Waals surface area contributed by atoms with Crippen molar-refractivity contribution < 1.29 is 0 Å². The van der Waals surface area contributed by atoms with Crippen LogP contribution in [-0.2, 0) is 6.54 Å². The Kier molecular flexibility index (Phi) is 3.43. The molecule has 15 heavy (non-hydrogen) atoms. The fourth-order valence-electron chi connectivity index (χ4n) is 1.76. The number of rotatable bonds is 7. The molecule has 1 aliphatic rings. The lowest BCUT2D eigenvalue weighted by Gasteiger charge is -2.07. The molecule has 1 N–H and O–H groups in total. The summed E-state index contributed by atoms with van der Waals surface area (Å²) in [5.74, 6) is 1.99. The van der Waals surface area contributed by atoms with Gasteiger partial charge in [-0.1, -0.05) is 18.9 Å². The van der Waals surface area contributed by atoms with Gasteiger partial charge in [-0.25, -0.2) is 4.98 Å². The van der Waals surface area contributed by atoms with Gasteiger partial charge in [0.2, 0.25) is 5.95 Å². The average molecular weight is 205 g/mol. The van der Waals surface area contributed by atoms with Crippen LogP contribution in [0.5, 0.6) is 0 Å². The summed E-state index contributed by atoms with van der Waals surface area (Å²) >= 11 is 0. The van der Waals surface area contributed by atoms with Crippen LogP contribution in [0.15, 0.2) is 25.0 Å². The molecule has 0 aromatic carbocycles. The summed E-state index contributed by atoms with van der Waals surface area (Å²) in [6, 6.07) is 0. The summed E-state index contributed by atoms with van der Waals surface area (Å²) in [5.41, 5.74) is 0. The van der Waals surface area contributed by atoms with Crippen molar-refractivity contribution >= 4 is 5.95 Å². The quantitative estimate of drug-likeness (QED) is 0.548. The Balaban J connectivity index is 1.71. The lowest BCUT2D eigenvalue weighted by atomic mass is 10.2. The number of nitrogens with zero attached hydrogens (tertiary/aromatic N) is 2. The Morgan fingerprint density at radius 1 is 1.60 bits per heavy atom. The lowest BCUT2D eigenvalue weighted by Crippen LogP contribution is -2.08. The number of hydrogen-bond donors (Lipinski definition) is 1. The van der Waals surface area contributed by atoms with Crippen molar-refractivity contribution in [3.8, 4) is 0 Å². The normalized spacial score (nSPS) is 15.2. The van der Waals surface area contributed by atoms with Gasteiger partial charge >= 0.3 is 0 Å². The van der Waals surface area contributed by atoms with Gasteiger partial charge in [-0.15, -0.1) is 6.58 Å². The summed E-state index contributed by atoms with van der Waals surface area (Å²) in [5, 5.41) is 3.37. The van der Waals surface area contributed by atoms with E-state index < -0.39 is 0 Å². The molecule has 2 rings (SSSR count). The Labute approximate surface area is 91.2 Å². The Morgan fingerprint density at radius 3 is 3.20 bits per heavy atom. The molecule has 0 atom stereocenters. The number of allylic oxidation sites excluding steroid dienone is 1. The Morgan fingerprint density at radius 2 is 2.47 bits per heavy atom. The van der Waals surface area contributed by atoms with E-state index in [-0.39, 0.29) is 0 Å². The molecule has 0 bridgehead atoms. The van der Waals surface area contributed by atoms with E-state index in [0.29, 0.717) is 0 Å². The lowest BCUT2D eigenvalue weighted by molar-refractivity contribution is 0.682. The number of hydrogen-bond acceptors (Lipinski definition) is 2. The summed E-state index contributed by atoms with van der Waals surface area (Å²) in [6.45, 7) is 5.58. The zero-order chi connectivity index (χ0) is 10.5. The fourth-order valence-corrected chi connectivity index (χ4v) is 1.76. The Bertz CT molecular complexity index is 312. The predicted molar refractivity (Wildman–Crippen MR) is 62.9 cm³/mol. The van der Waals surface area contributed by atoms with Crippen LogP contribution < -0.4 is 5.32 Å². The van der Waals surface area contributed by atoms with Gasteiger partial charge in [0.05, 0.1) is 0 Å². The molecule has 1 aromatic heterocycles. The van der Waals surface area contributed by atoms with E-state index in [1.54, 1.807) is 0 Å². The van der Waals surface area contributed by atoms with Crippen LogP contribution in [-0.4, -0.2) is 16.1 Å². The number of nitrogens with one attached hydrogen (secondary N) is 1. The standard InChI is InChI=1S/C12H19N3/c1-2-9-15-10-8-14-12(15)13-7-3-4-11-5-6-11/h2,8,10-11H,1,3-7,9H2,(H,13,14). The van der Waals surface area contributed by atoms with Gasteiger partial charge in [0.15, 0.2) is 0 Å². The molecule has 82 valence electrons. The molecule has 3 heteroatoms. The molecule has 0 amide bonds. The molecule has 1 aromatic rings. The van der Waals surface area contributed by atoms with Crippen LogP contribution in [0.25, 0.3) is 0 Å². The second-order valence-electron chi connectivity index (χ2n) is 4.20. The van der Waals surface area contributed by atoms with Crippen molar-refractivity contribution in [2.24, 2.45) is 5.92 Å². The first-order valence-electron chi connectivity index (χ1n) is 5.76. The topological polar surface area (TPSA) is 29.9 Å². The van der Waals surface area contributed by atoms with Gasteiger partial charge in [-0.05, 0) is 18.8 Å². The van der Waals surface area contributed by atoms with Crippen molar-refractivity contribution in [3.05, 3.63) is 25.0 Å². The van der Waals surface area contributed by atoms with E-state index in [2.05, 4.69) is 21.4 Å². The van der Waals surface area contributed by atoms with Gasteiger partial charge in [0, 0.05) is 25.5 Å². The fraction of sp³-hybridized carbons (Fsp3) is 0.583. The first-order chi connectivity index (χ1) is 7.40. The molecule has 3 nitrogen and oxygen atoms in total. The molecule has 0 radical (unpaired) electrons. The van der Waals surface area contributed by atoms with Gasteiger partial charge in [-0.3, -0.25) is 0 Å². The third-order valence-corrected chi connectivity index (χ3v) is 2.81. The van der Waals surface area contributed by atoms with Gasteiger partial charge in [0.25, 0.3) is 0 Å². The highest BCUT2D eigenvalue weighted by molar-refractivity contribution is 5.25. The highest BCUT2D eigenvalue weighted by Gasteiger charge is 2.19. The van der Waals surface area contributed by atoms with E-state index in [1.165, 1.54) is 25.7 Å². The second-order valence-corrected chi connectivity index (χ2v) is 4.20. The van der Waals surface area contributed by atoms with Crippen molar-refractivity contribution in [2.75, 3.05) is 11.9 Å². The number of aromatic nitrogens is 2. The van der Waals surface area contributed by atoms with E-state index in [9.17, 15) is 0 Å². The van der Waals surface area contributed by atoms with Gasteiger partial charge in [-0.2, -0.15) is 0 Å². The summed E-state index contributed by atoms with van der Waals surface area (Å²) in [6.07, 6.45) is 11.2. The molecular formula is C12H19N3. The van der Waals surface area contributed by atoms with Crippen LogP contribution >= 0.6 is 0 Å². The SMILES string of the molecule is C=CCn1ccnc1NCCCC1CC1. The third kappa shape index (κ3) is 3.11. The van der Waals surface area contributed by atoms with E-state index in [0.717, 1.165) is 25.0 Å². The third-order valence-electron chi connectivity index (χ3n) is 2.81. The second kappa shape index (κ2) is 5.01. The molecule has 0 spiro atoms. The molecular weight excluding hydrogens is 186 g/mol. The zero-order valence-electron chi connectivity index (χ0n) is 9.15. The van der Waals surface area contributed by atoms with Crippen molar-refractivity contribution in [1.29, 1.82) is 0 Å². The summed E-state index contributed by atoms with van der Waals surface area (Å²) < 4.78 is 2.07. The smallest absolute Gasteiger partial charge is 0.203 e. The van der Waals surface area contributed by atoms with Crippen LogP contribution in [0.1, 0.15) is 25.7 Å². The van der Waals surface area contributed by atoms with Crippen LogP contribution in [0.3, 0.4) is 0 Å². The maximum absolute atomic E-state index is 4.27. The van der Waals surface area contributed by atoms with Gasteiger partial charge in [0.1, 0.15) is 0 Å². The summed E-state index contributed by atoms with van der Waals surface area (Å²) in [7, 11) is 0. The molecule has 0 unspecified atom stereocenters. The van der Waals surface area contributed by atoms with E-state index >= 15 is 0 Å². The zero-order valence-corrected chi connectivity index (χ0v) is 9.15. The average Bonchev–Trinajstić information content (AvgIpc) is 2.96. The molecule has 0 saturated heterocycles. The number of imidazole rings is 1. The van der Waals surface area contributed by atoms with Crippen LogP contribution in [0, 0.1) is 5.92 Å². The molecule has 1 aliphatic carbocycles. The van der Waals surface area contributed by atoms with Crippen molar-refractivity contribution in [1.82, 2.24) is 9.55 Å². The molecule has 1 saturated carbocycles. The van der Waals surface area contributed by atoms with Gasteiger partial charge < -0.3 is 9.88 Å². The number of anilines is 1. The highest BCUT2D eigenvalue weighted by Crippen LogP contribution is 2.33. The van der Waals surface area contributed by atoms with Crippen molar-refractivity contribution in [3.63, 3.8) is 0 Å². The largest absolute Gasteiger partial charge is 0.356 e. The predicted octanol–water partition coefficient (Wildman–Crippen LogP) is 2.67. The highest BCUT2D eigenvalue weighted by atomic mass is 15.2. The first kappa shape index (κ1) is 10.3. The van der Waals surface area contributed by atoms with Crippen LogP contribution in [0.2, 0.25) is 0 Å². The molecule has 1 fully saturated rings. The van der Waals surface area contributed by atoms with Crippen molar-refractivity contribution in [2.45, 2.75) is 32.2 Å². The molecule has 1 heterocycles.